The molecule has 1 aromatic heterocycles. The number of nitrogens with one attached hydrogen (secondary N) is 1. The maximum atomic E-state index is 13.1. The summed E-state index contributed by atoms with van der Waals surface area (Å²) in [6.45, 7) is 0.987. The molecule has 0 spiro atoms. The van der Waals surface area contributed by atoms with E-state index in [4.69, 9.17) is 4.74 Å². The van der Waals surface area contributed by atoms with Crippen molar-refractivity contribution in [2.24, 2.45) is 7.05 Å². The van der Waals surface area contributed by atoms with Crippen LogP contribution in [-0.2, 0) is 11.8 Å². The monoisotopic (exact) mass is 347 g/mol. The van der Waals surface area contributed by atoms with Gasteiger partial charge in [0.25, 0.3) is 0 Å². The molecule has 1 saturated heterocycles. The van der Waals surface area contributed by atoms with Crippen molar-refractivity contribution in [3.05, 3.63) is 47.8 Å². The summed E-state index contributed by atoms with van der Waals surface area (Å²) in [7, 11) is 3.44. The number of methoxy groups -OCH3 is 1. The summed E-state index contributed by atoms with van der Waals surface area (Å²) in [5.74, 6) is 0.487. The summed E-state index contributed by atoms with van der Waals surface area (Å²) in [4.78, 5) is 14.4. The number of aromatic nitrogens is 3. The van der Waals surface area contributed by atoms with Crippen LogP contribution in [0.3, 0.4) is 0 Å². The number of likely N-dealkylation sites (tertiary alicyclic amines) is 1. The van der Waals surface area contributed by atoms with Crippen molar-refractivity contribution < 1.29 is 13.9 Å². The van der Waals surface area contributed by atoms with E-state index in [1.165, 1.54) is 12.1 Å². The highest BCUT2D eigenvalue weighted by atomic mass is 19.1. The van der Waals surface area contributed by atoms with Crippen molar-refractivity contribution in [1.82, 2.24) is 25.0 Å². The molecule has 0 saturated carbocycles. The molecule has 1 aliphatic heterocycles. The highest BCUT2D eigenvalue weighted by molar-refractivity contribution is 5.75. The number of aryl methyl sites for hydroxylation is 1. The smallest absolute Gasteiger partial charge is 0.318 e. The SMILES string of the molecule is CO[C@@H](CNC(=O)N1CCC[C@@H]1c1nncn1C)c1ccc(F)cc1. The highest BCUT2D eigenvalue weighted by Gasteiger charge is 2.33. The number of carbonyl (C=O) groups is 1. The fourth-order valence-electron chi connectivity index (χ4n) is 3.17. The number of halogens is 1. The first-order chi connectivity index (χ1) is 12.1. The van der Waals surface area contributed by atoms with Gasteiger partial charge in [-0.15, -0.1) is 10.2 Å². The Labute approximate surface area is 145 Å². The Morgan fingerprint density at radius 2 is 2.20 bits per heavy atom. The lowest BCUT2D eigenvalue weighted by Crippen LogP contribution is -2.41. The second kappa shape index (κ2) is 7.60. The van der Waals surface area contributed by atoms with Crippen molar-refractivity contribution in [3.63, 3.8) is 0 Å². The van der Waals surface area contributed by atoms with Gasteiger partial charge >= 0.3 is 6.03 Å². The van der Waals surface area contributed by atoms with Gasteiger partial charge in [0.05, 0.1) is 12.1 Å². The van der Waals surface area contributed by atoms with Gasteiger partial charge in [-0.25, -0.2) is 9.18 Å². The van der Waals surface area contributed by atoms with E-state index in [0.717, 1.165) is 24.2 Å². The minimum atomic E-state index is -0.333. The fraction of sp³-hybridized carbons (Fsp3) is 0.471. The lowest BCUT2D eigenvalue weighted by Gasteiger charge is -2.25. The van der Waals surface area contributed by atoms with Crippen molar-refractivity contribution in [1.29, 1.82) is 0 Å². The second-order valence-corrected chi connectivity index (χ2v) is 6.11. The summed E-state index contributed by atoms with van der Waals surface area (Å²) in [6, 6.07) is 5.86. The number of nitrogens with zero attached hydrogens (tertiary/aromatic N) is 4. The molecular weight excluding hydrogens is 325 g/mol. The maximum Gasteiger partial charge on any atom is 0.318 e. The van der Waals surface area contributed by atoms with Crippen LogP contribution in [0.5, 0.6) is 0 Å². The molecule has 1 N–H and O–H groups in total. The van der Waals surface area contributed by atoms with Gasteiger partial charge in [-0.05, 0) is 30.5 Å². The minimum Gasteiger partial charge on any atom is -0.375 e. The first-order valence-electron chi connectivity index (χ1n) is 8.26. The first kappa shape index (κ1) is 17.3. The number of hydrogen-bond donors (Lipinski definition) is 1. The van der Waals surface area contributed by atoms with E-state index in [-0.39, 0.29) is 24.0 Å². The molecule has 2 heterocycles. The molecule has 3 rings (SSSR count). The molecule has 1 aromatic carbocycles. The van der Waals surface area contributed by atoms with Crippen LogP contribution in [0.1, 0.15) is 36.4 Å². The molecule has 134 valence electrons. The zero-order valence-corrected chi connectivity index (χ0v) is 14.4. The van der Waals surface area contributed by atoms with Gasteiger partial charge in [0.15, 0.2) is 5.82 Å². The van der Waals surface area contributed by atoms with Gasteiger partial charge in [-0.1, -0.05) is 12.1 Å². The van der Waals surface area contributed by atoms with E-state index < -0.39 is 0 Å². The van der Waals surface area contributed by atoms with Crippen LogP contribution in [0.25, 0.3) is 0 Å². The quantitative estimate of drug-likeness (QED) is 0.900. The molecular formula is C17H22FN5O2. The fourth-order valence-corrected chi connectivity index (χ4v) is 3.17. The van der Waals surface area contributed by atoms with Crippen LogP contribution in [0.15, 0.2) is 30.6 Å². The number of urea groups is 1. The van der Waals surface area contributed by atoms with Gasteiger partial charge < -0.3 is 19.5 Å². The third-order valence-electron chi connectivity index (χ3n) is 4.52. The molecule has 1 fully saturated rings. The number of ether oxygens (including phenoxy) is 1. The summed E-state index contributed by atoms with van der Waals surface area (Å²) in [5, 5.41) is 10.9. The average Bonchev–Trinajstić information content (AvgIpc) is 3.25. The summed E-state index contributed by atoms with van der Waals surface area (Å²) < 4.78 is 20.3. The van der Waals surface area contributed by atoms with E-state index in [2.05, 4.69) is 15.5 Å². The maximum absolute atomic E-state index is 13.1. The van der Waals surface area contributed by atoms with Crippen LogP contribution in [0, 0.1) is 5.82 Å². The third kappa shape index (κ3) is 3.79. The molecule has 1 aliphatic rings. The number of benzene rings is 1. The zero-order valence-electron chi connectivity index (χ0n) is 14.4. The van der Waals surface area contributed by atoms with Gasteiger partial charge in [-0.3, -0.25) is 0 Å². The average molecular weight is 347 g/mol. The third-order valence-corrected chi connectivity index (χ3v) is 4.52. The van der Waals surface area contributed by atoms with Gasteiger partial charge in [0.1, 0.15) is 12.1 Å². The standard InChI is InChI=1S/C17H22FN5O2/c1-22-11-20-21-16(22)14-4-3-9-23(14)17(24)19-10-15(25-2)12-5-7-13(18)8-6-12/h5-8,11,14-15H,3-4,9-10H2,1-2H3,(H,19,24)/t14-,15+/m1/s1. The van der Waals surface area contributed by atoms with E-state index in [9.17, 15) is 9.18 Å². The van der Waals surface area contributed by atoms with Crippen molar-refractivity contribution in [2.75, 3.05) is 20.2 Å². The van der Waals surface area contributed by atoms with E-state index in [1.54, 1.807) is 30.5 Å². The molecule has 2 aromatic rings. The van der Waals surface area contributed by atoms with Crippen molar-refractivity contribution >= 4 is 6.03 Å². The second-order valence-electron chi connectivity index (χ2n) is 6.11. The summed E-state index contributed by atoms with van der Waals surface area (Å²) in [5.41, 5.74) is 0.815. The van der Waals surface area contributed by atoms with Crippen LogP contribution >= 0.6 is 0 Å². The lowest BCUT2D eigenvalue weighted by atomic mass is 10.1. The zero-order chi connectivity index (χ0) is 17.8. The van der Waals surface area contributed by atoms with E-state index in [1.807, 2.05) is 11.6 Å². The molecule has 0 aliphatic carbocycles. The predicted molar refractivity (Wildman–Crippen MR) is 89.2 cm³/mol. The Morgan fingerprint density at radius 1 is 1.44 bits per heavy atom. The first-order valence-corrected chi connectivity index (χ1v) is 8.26. The predicted octanol–water partition coefficient (Wildman–Crippen LogP) is 2.19. The largest absolute Gasteiger partial charge is 0.375 e. The lowest BCUT2D eigenvalue weighted by molar-refractivity contribution is 0.101. The molecule has 8 heteroatoms. The van der Waals surface area contributed by atoms with Crippen LogP contribution in [-0.4, -0.2) is 45.9 Å². The number of hydrogen-bond acceptors (Lipinski definition) is 4. The van der Waals surface area contributed by atoms with Crippen LogP contribution in [0.2, 0.25) is 0 Å². The molecule has 0 radical (unpaired) electrons. The summed E-state index contributed by atoms with van der Waals surface area (Å²) >= 11 is 0. The minimum absolute atomic E-state index is 0.0701. The van der Waals surface area contributed by atoms with E-state index in [0.29, 0.717) is 13.1 Å². The van der Waals surface area contributed by atoms with Crippen molar-refractivity contribution in [2.45, 2.75) is 25.0 Å². The van der Waals surface area contributed by atoms with Crippen molar-refractivity contribution in [3.8, 4) is 0 Å². The Balaban J connectivity index is 1.63. The normalized spacial score (nSPS) is 18.4. The molecule has 2 amide bonds. The topological polar surface area (TPSA) is 72.3 Å². The molecule has 7 nitrogen and oxygen atoms in total. The van der Waals surface area contributed by atoms with Gasteiger partial charge in [-0.2, -0.15) is 0 Å². The number of carbonyl (C=O) groups excluding carboxylic acids is 1. The Kier molecular flexibility index (Phi) is 5.28. The molecule has 0 bridgehead atoms. The highest BCUT2D eigenvalue weighted by Crippen LogP contribution is 2.30. The summed E-state index contributed by atoms with van der Waals surface area (Å²) in [6.07, 6.45) is 3.10. The van der Waals surface area contributed by atoms with Crippen LogP contribution < -0.4 is 5.32 Å². The Morgan fingerprint density at radius 3 is 2.84 bits per heavy atom. The Hall–Kier alpha value is -2.48. The molecule has 0 unspecified atom stereocenters. The molecule has 2 atom stereocenters. The van der Waals surface area contributed by atoms with Gasteiger partial charge in [0, 0.05) is 27.2 Å². The number of rotatable bonds is 5. The number of amides is 2. The van der Waals surface area contributed by atoms with Crippen LogP contribution in [0.4, 0.5) is 9.18 Å². The Bertz CT molecular complexity index is 718. The van der Waals surface area contributed by atoms with Gasteiger partial charge in [0.2, 0.25) is 0 Å². The molecule has 25 heavy (non-hydrogen) atoms. The van der Waals surface area contributed by atoms with E-state index >= 15 is 0 Å².